The molecule has 0 aromatic carbocycles. The Bertz CT molecular complexity index is 392. The van der Waals surface area contributed by atoms with Crippen LogP contribution in [0.1, 0.15) is 58.8 Å². The number of ketones is 1. The zero-order valence-corrected chi connectivity index (χ0v) is 13.0. The molecular formula is C17H29NO2. The summed E-state index contributed by atoms with van der Waals surface area (Å²) in [5.74, 6) is 1.14. The van der Waals surface area contributed by atoms with Crippen molar-refractivity contribution in [2.45, 2.75) is 64.4 Å². The molecule has 0 bridgehead atoms. The van der Waals surface area contributed by atoms with Crippen molar-refractivity contribution in [3.05, 3.63) is 0 Å². The Morgan fingerprint density at radius 2 is 2.00 bits per heavy atom. The Kier molecular flexibility index (Phi) is 3.70. The first-order chi connectivity index (χ1) is 9.41. The van der Waals surface area contributed by atoms with Crippen molar-refractivity contribution in [2.75, 3.05) is 19.6 Å². The second kappa shape index (κ2) is 5.10. The highest BCUT2D eigenvalue weighted by Gasteiger charge is 2.45. The summed E-state index contributed by atoms with van der Waals surface area (Å²) in [6, 6.07) is 0. The van der Waals surface area contributed by atoms with Gasteiger partial charge in [0.25, 0.3) is 0 Å². The number of carbonyl (C=O) groups excluding carboxylic acids is 1. The molecule has 3 fully saturated rings. The second-order valence-electron chi connectivity index (χ2n) is 8.04. The lowest BCUT2D eigenvalue weighted by molar-refractivity contribution is -0.129. The molecule has 1 N–H and O–H groups in total. The zero-order valence-electron chi connectivity index (χ0n) is 13.0. The molecule has 0 radical (unpaired) electrons. The van der Waals surface area contributed by atoms with Crippen molar-refractivity contribution in [1.82, 2.24) is 4.90 Å². The predicted octanol–water partition coefficient (Wildman–Crippen LogP) is 2.62. The van der Waals surface area contributed by atoms with Crippen LogP contribution in [0.4, 0.5) is 0 Å². The van der Waals surface area contributed by atoms with Crippen molar-refractivity contribution < 1.29 is 9.90 Å². The average Bonchev–Trinajstić information content (AvgIpc) is 2.66. The van der Waals surface area contributed by atoms with Crippen LogP contribution in [0.5, 0.6) is 0 Å². The minimum Gasteiger partial charge on any atom is -0.390 e. The van der Waals surface area contributed by atoms with Crippen molar-refractivity contribution in [3.8, 4) is 0 Å². The van der Waals surface area contributed by atoms with E-state index in [-0.39, 0.29) is 11.3 Å². The summed E-state index contributed by atoms with van der Waals surface area (Å²) in [4.78, 5) is 14.8. The molecule has 3 aliphatic rings. The molecule has 0 spiro atoms. The lowest BCUT2D eigenvalue weighted by atomic mass is 9.71. The molecule has 20 heavy (non-hydrogen) atoms. The third-order valence-corrected chi connectivity index (χ3v) is 6.15. The Morgan fingerprint density at radius 1 is 1.20 bits per heavy atom. The van der Waals surface area contributed by atoms with Crippen LogP contribution in [0.15, 0.2) is 0 Å². The molecule has 3 heteroatoms. The van der Waals surface area contributed by atoms with Gasteiger partial charge in [-0.05, 0) is 32.1 Å². The van der Waals surface area contributed by atoms with E-state index in [1.54, 1.807) is 0 Å². The van der Waals surface area contributed by atoms with Gasteiger partial charge in [-0.3, -0.25) is 4.79 Å². The fourth-order valence-electron chi connectivity index (χ4n) is 4.63. The smallest absolute Gasteiger partial charge is 0.142 e. The molecule has 3 unspecified atom stereocenters. The minimum absolute atomic E-state index is 0.105. The van der Waals surface area contributed by atoms with Gasteiger partial charge in [-0.1, -0.05) is 26.7 Å². The summed E-state index contributed by atoms with van der Waals surface area (Å²) < 4.78 is 0. The summed E-state index contributed by atoms with van der Waals surface area (Å²) in [6.45, 7) is 7.07. The van der Waals surface area contributed by atoms with E-state index in [1.807, 2.05) is 0 Å². The maximum atomic E-state index is 12.4. The van der Waals surface area contributed by atoms with Crippen LogP contribution >= 0.6 is 0 Å². The number of hydrogen-bond donors (Lipinski definition) is 1. The van der Waals surface area contributed by atoms with Crippen molar-refractivity contribution in [2.24, 2.45) is 17.3 Å². The van der Waals surface area contributed by atoms with Gasteiger partial charge in [0.15, 0.2) is 0 Å². The number of rotatable bonds is 2. The number of aliphatic hydroxyl groups is 1. The molecule has 3 nitrogen and oxygen atoms in total. The fraction of sp³-hybridized carbons (Fsp3) is 0.941. The molecule has 0 amide bonds. The van der Waals surface area contributed by atoms with E-state index in [0.29, 0.717) is 11.7 Å². The first-order valence-electron chi connectivity index (χ1n) is 8.40. The third kappa shape index (κ3) is 2.55. The Morgan fingerprint density at radius 3 is 2.70 bits per heavy atom. The summed E-state index contributed by atoms with van der Waals surface area (Å²) in [6.07, 6.45) is 7.59. The maximum absolute atomic E-state index is 12.4. The first kappa shape index (κ1) is 14.5. The number of hydrogen-bond acceptors (Lipinski definition) is 3. The van der Waals surface area contributed by atoms with Crippen LogP contribution in [0, 0.1) is 17.3 Å². The van der Waals surface area contributed by atoms with E-state index in [0.717, 1.165) is 51.7 Å². The molecule has 0 aromatic heterocycles. The van der Waals surface area contributed by atoms with E-state index in [1.165, 1.54) is 12.8 Å². The molecule has 3 atom stereocenters. The SMILES string of the molecule is CC1(C)CCC(CN2CCC3(O)CCCCC3C2)C1=O. The summed E-state index contributed by atoms with van der Waals surface area (Å²) in [5, 5.41) is 10.7. The van der Waals surface area contributed by atoms with Gasteiger partial charge in [-0.2, -0.15) is 0 Å². The van der Waals surface area contributed by atoms with E-state index >= 15 is 0 Å². The Hall–Kier alpha value is -0.410. The van der Waals surface area contributed by atoms with Crippen LogP contribution in [0.25, 0.3) is 0 Å². The van der Waals surface area contributed by atoms with Crippen molar-refractivity contribution >= 4 is 5.78 Å². The normalized spacial score (nSPS) is 41.6. The monoisotopic (exact) mass is 279 g/mol. The van der Waals surface area contributed by atoms with Crippen LogP contribution in [-0.2, 0) is 4.79 Å². The molecule has 0 aromatic rings. The van der Waals surface area contributed by atoms with E-state index in [9.17, 15) is 9.90 Å². The Labute approximate surface area is 122 Å². The van der Waals surface area contributed by atoms with Crippen molar-refractivity contribution in [1.29, 1.82) is 0 Å². The Balaban J connectivity index is 1.59. The zero-order chi connectivity index (χ0) is 14.4. The molecule has 2 aliphatic carbocycles. The number of nitrogens with zero attached hydrogens (tertiary/aromatic N) is 1. The number of carbonyl (C=O) groups is 1. The largest absolute Gasteiger partial charge is 0.390 e. The summed E-state index contributed by atoms with van der Waals surface area (Å²) >= 11 is 0. The number of piperidine rings is 1. The summed E-state index contributed by atoms with van der Waals surface area (Å²) in [7, 11) is 0. The van der Waals surface area contributed by atoms with Crippen LogP contribution < -0.4 is 0 Å². The number of Topliss-reactive ketones (excluding diaryl/α,β-unsaturated/α-hetero) is 1. The molecule has 2 saturated carbocycles. The van der Waals surface area contributed by atoms with Crippen LogP contribution in [0.3, 0.4) is 0 Å². The van der Waals surface area contributed by atoms with Gasteiger partial charge < -0.3 is 10.0 Å². The molecule has 1 aliphatic heterocycles. The van der Waals surface area contributed by atoms with Gasteiger partial charge in [-0.15, -0.1) is 0 Å². The fourth-order valence-corrected chi connectivity index (χ4v) is 4.63. The van der Waals surface area contributed by atoms with Crippen LogP contribution in [-0.4, -0.2) is 41.0 Å². The number of fused-ring (bicyclic) bond motifs is 1. The molecular weight excluding hydrogens is 250 g/mol. The van der Waals surface area contributed by atoms with Crippen LogP contribution in [0.2, 0.25) is 0 Å². The second-order valence-corrected chi connectivity index (χ2v) is 8.04. The lowest BCUT2D eigenvalue weighted by Gasteiger charge is -2.47. The predicted molar refractivity (Wildman–Crippen MR) is 79.5 cm³/mol. The highest BCUT2D eigenvalue weighted by molar-refractivity contribution is 5.88. The first-order valence-corrected chi connectivity index (χ1v) is 8.40. The lowest BCUT2D eigenvalue weighted by Crippen LogP contribution is -2.54. The van der Waals surface area contributed by atoms with E-state index < -0.39 is 5.60 Å². The maximum Gasteiger partial charge on any atom is 0.142 e. The van der Waals surface area contributed by atoms with Gasteiger partial charge in [-0.25, -0.2) is 0 Å². The summed E-state index contributed by atoms with van der Waals surface area (Å²) in [5.41, 5.74) is -0.500. The molecule has 1 saturated heterocycles. The van der Waals surface area contributed by atoms with Gasteiger partial charge >= 0.3 is 0 Å². The van der Waals surface area contributed by atoms with Gasteiger partial charge in [0, 0.05) is 36.9 Å². The van der Waals surface area contributed by atoms with E-state index in [2.05, 4.69) is 18.7 Å². The topological polar surface area (TPSA) is 40.5 Å². The van der Waals surface area contributed by atoms with Gasteiger partial charge in [0.2, 0.25) is 0 Å². The standard InChI is InChI=1S/C17H29NO2/c1-16(2)8-6-13(15(16)19)11-18-10-9-17(20)7-4-3-5-14(17)12-18/h13-14,20H,3-12H2,1-2H3. The van der Waals surface area contributed by atoms with E-state index in [4.69, 9.17) is 0 Å². The number of likely N-dealkylation sites (tertiary alicyclic amines) is 1. The average molecular weight is 279 g/mol. The highest BCUT2D eigenvalue weighted by Crippen LogP contribution is 2.42. The molecule has 1 heterocycles. The van der Waals surface area contributed by atoms with Gasteiger partial charge in [0.1, 0.15) is 5.78 Å². The third-order valence-electron chi connectivity index (χ3n) is 6.15. The van der Waals surface area contributed by atoms with Gasteiger partial charge in [0.05, 0.1) is 5.60 Å². The highest BCUT2D eigenvalue weighted by atomic mass is 16.3. The minimum atomic E-state index is -0.395. The molecule has 114 valence electrons. The quantitative estimate of drug-likeness (QED) is 0.844. The molecule has 3 rings (SSSR count). The van der Waals surface area contributed by atoms with Crippen molar-refractivity contribution in [3.63, 3.8) is 0 Å².